The number of aryl methyl sites for hydroxylation is 1. The van der Waals surface area contributed by atoms with Crippen LogP contribution in [-0.2, 0) is 10.0 Å². The van der Waals surface area contributed by atoms with Crippen LogP contribution in [0.15, 0.2) is 17.0 Å². The van der Waals surface area contributed by atoms with Crippen LogP contribution in [0.25, 0.3) is 0 Å². The number of hydrogen-bond donors (Lipinski definition) is 0. The summed E-state index contributed by atoms with van der Waals surface area (Å²) < 4.78 is 26.6. The average Bonchev–Trinajstić information content (AvgIpc) is 2.62. The number of rotatable bonds is 3. The molecule has 1 amide bonds. The first-order chi connectivity index (χ1) is 12.2. The lowest BCUT2D eigenvalue weighted by molar-refractivity contribution is 0.0390. The largest absolute Gasteiger partial charge is 0.335 e. The summed E-state index contributed by atoms with van der Waals surface area (Å²) in [7, 11) is -0.530. The van der Waals surface area contributed by atoms with Gasteiger partial charge in [0.05, 0.1) is 4.90 Å². The minimum Gasteiger partial charge on any atom is -0.335 e. The van der Waals surface area contributed by atoms with Gasteiger partial charge in [-0.05, 0) is 68.7 Å². The molecule has 0 N–H and O–H groups in total. The highest BCUT2D eigenvalue weighted by Crippen LogP contribution is 2.36. The molecule has 1 saturated heterocycles. The summed E-state index contributed by atoms with van der Waals surface area (Å²) in [6.45, 7) is 4.46. The zero-order valence-electron chi connectivity index (χ0n) is 16.3. The van der Waals surface area contributed by atoms with Crippen LogP contribution in [0, 0.1) is 19.8 Å². The van der Waals surface area contributed by atoms with E-state index in [2.05, 4.69) is 0 Å². The lowest BCUT2D eigenvalue weighted by Gasteiger charge is -2.44. The topological polar surface area (TPSA) is 57.7 Å². The maximum absolute atomic E-state index is 13.3. The molecular formula is C20H30N2O3S. The number of carbonyl (C=O) groups is 1. The Balaban J connectivity index is 1.98. The van der Waals surface area contributed by atoms with Crippen molar-refractivity contribution in [1.82, 2.24) is 9.21 Å². The molecule has 1 saturated carbocycles. The van der Waals surface area contributed by atoms with Gasteiger partial charge in [0.2, 0.25) is 10.0 Å². The third kappa shape index (κ3) is 3.41. The fourth-order valence-electron chi connectivity index (χ4n) is 4.46. The molecule has 0 aromatic heterocycles. The molecule has 1 aromatic carbocycles. The second-order valence-electron chi connectivity index (χ2n) is 7.96. The van der Waals surface area contributed by atoms with Gasteiger partial charge in [0.1, 0.15) is 0 Å². The Kier molecular flexibility index (Phi) is 5.45. The SMILES string of the molecule is Cc1cc(C(=O)N2CCCC3CCCCC32)cc(S(=O)(=O)N(C)C)c1C. The molecule has 5 nitrogen and oxygen atoms in total. The number of piperidine rings is 1. The summed E-state index contributed by atoms with van der Waals surface area (Å²) in [6.07, 6.45) is 6.98. The first kappa shape index (κ1) is 19.4. The molecule has 0 radical (unpaired) electrons. The minimum absolute atomic E-state index is 0.0140. The van der Waals surface area contributed by atoms with Gasteiger partial charge in [0.15, 0.2) is 0 Å². The van der Waals surface area contributed by atoms with Crippen molar-refractivity contribution in [2.45, 2.75) is 63.3 Å². The summed E-state index contributed by atoms with van der Waals surface area (Å²) in [5.41, 5.74) is 2.05. The molecule has 0 spiro atoms. The lowest BCUT2D eigenvalue weighted by atomic mass is 9.78. The van der Waals surface area contributed by atoms with Crippen molar-refractivity contribution >= 4 is 15.9 Å². The van der Waals surface area contributed by atoms with Crippen molar-refractivity contribution < 1.29 is 13.2 Å². The standard InChI is InChI=1S/C20H30N2O3S/c1-14-12-17(13-19(15(14)2)26(24,25)21(3)4)20(23)22-11-7-9-16-8-5-6-10-18(16)22/h12-13,16,18H,5-11H2,1-4H3. The molecule has 2 fully saturated rings. The number of likely N-dealkylation sites (tertiary alicyclic amines) is 1. The van der Waals surface area contributed by atoms with Crippen LogP contribution in [0.4, 0.5) is 0 Å². The number of amides is 1. The molecule has 1 aliphatic heterocycles. The predicted molar refractivity (Wildman–Crippen MR) is 103 cm³/mol. The van der Waals surface area contributed by atoms with E-state index >= 15 is 0 Å². The lowest BCUT2D eigenvalue weighted by Crippen LogP contribution is -2.49. The van der Waals surface area contributed by atoms with Gasteiger partial charge in [0.25, 0.3) is 5.91 Å². The van der Waals surface area contributed by atoms with Gasteiger partial charge in [-0.2, -0.15) is 0 Å². The Hall–Kier alpha value is -1.40. The monoisotopic (exact) mass is 378 g/mol. The Morgan fingerprint density at radius 3 is 2.42 bits per heavy atom. The third-order valence-corrected chi connectivity index (χ3v) is 8.07. The third-order valence-electron chi connectivity index (χ3n) is 6.13. The normalized spacial score (nSPS) is 23.8. The zero-order valence-corrected chi connectivity index (χ0v) is 17.1. The summed E-state index contributed by atoms with van der Waals surface area (Å²) in [6, 6.07) is 3.74. The van der Waals surface area contributed by atoms with Crippen LogP contribution in [0.2, 0.25) is 0 Å². The molecule has 1 aromatic rings. The number of sulfonamides is 1. The average molecular weight is 379 g/mol. The van der Waals surface area contributed by atoms with Gasteiger partial charge in [-0.25, -0.2) is 12.7 Å². The second kappa shape index (κ2) is 7.31. The molecule has 144 valence electrons. The molecule has 0 bridgehead atoms. The fraction of sp³-hybridized carbons (Fsp3) is 0.650. The van der Waals surface area contributed by atoms with E-state index < -0.39 is 10.0 Å². The Labute approximate surface area is 157 Å². The minimum atomic E-state index is -3.58. The van der Waals surface area contributed by atoms with Gasteiger partial charge in [-0.3, -0.25) is 4.79 Å². The van der Waals surface area contributed by atoms with Crippen molar-refractivity contribution in [3.8, 4) is 0 Å². The van der Waals surface area contributed by atoms with Gasteiger partial charge in [-0.1, -0.05) is 12.8 Å². The number of hydrogen-bond acceptors (Lipinski definition) is 3. The summed E-state index contributed by atoms with van der Waals surface area (Å²) in [5.74, 6) is 0.595. The predicted octanol–water partition coefficient (Wildman–Crippen LogP) is 3.35. The first-order valence-electron chi connectivity index (χ1n) is 9.58. The maximum atomic E-state index is 13.3. The van der Waals surface area contributed by atoms with E-state index in [1.807, 2.05) is 17.9 Å². The Bertz CT molecular complexity index is 800. The molecule has 1 aliphatic carbocycles. The van der Waals surface area contributed by atoms with E-state index in [9.17, 15) is 13.2 Å². The van der Waals surface area contributed by atoms with E-state index in [1.165, 1.54) is 44.1 Å². The maximum Gasteiger partial charge on any atom is 0.254 e. The highest BCUT2D eigenvalue weighted by atomic mass is 32.2. The summed E-state index contributed by atoms with van der Waals surface area (Å²) in [4.78, 5) is 15.5. The van der Waals surface area contributed by atoms with Crippen LogP contribution < -0.4 is 0 Å². The molecule has 3 rings (SSSR count). The number of benzene rings is 1. The van der Waals surface area contributed by atoms with Crippen molar-refractivity contribution in [2.75, 3.05) is 20.6 Å². The zero-order chi connectivity index (χ0) is 19.1. The molecule has 6 heteroatoms. The van der Waals surface area contributed by atoms with E-state index in [1.54, 1.807) is 13.0 Å². The van der Waals surface area contributed by atoms with Crippen molar-refractivity contribution in [3.63, 3.8) is 0 Å². The smallest absolute Gasteiger partial charge is 0.254 e. The first-order valence-corrected chi connectivity index (χ1v) is 11.0. The molecular weight excluding hydrogens is 348 g/mol. The van der Waals surface area contributed by atoms with Gasteiger partial charge in [0, 0.05) is 32.2 Å². The van der Waals surface area contributed by atoms with Gasteiger partial charge < -0.3 is 4.90 Å². The van der Waals surface area contributed by atoms with E-state index in [-0.39, 0.29) is 10.8 Å². The van der Waals surface area contributed by atoms with Gasteiger partial charge in [-0.15, -0.1) is 0 Å². The summed E-state index contributed by atoms with van der Waals surface area (Å²) in [5, 5.41) is 0. The molecule has 2 atom stereocenters. The quantitative estimate of drug-likeness (QED) is 0.810. The molecule has 2 unspecified atom stereocenters. The van der Waals surface area contributed by atoms with Crippen LogP contribution in [0.5, 0.6) is 0 Å². The van der Waals surface area contributed by atoms with Crippen molar-refractivity contribution in [2.24, 2.45) is 5.92 Å². The highest BCUT2D eigenvalue weighted by Gasteiger charge is 2.36. The van der Waals surface area contributed by atoms with Crippen LogP contribution >= 0.6 is 0 Å². The Morgan fingerprint density at radius 1 is 1.08 bits per heavy atom. The molecule has 26 heavy (non-hydrogen) atoms. The van der Waals surface area contributed by atoms with Crippen LogP contribution in [0.1, 0.15) is 60.0 Å². The van der Waals surface area contributed by atoms with E-state index in [4.69, 9.17) is 0 Å². The highest BCUT2D eigenvalue weighted by molar-refractivity contribution is 7.89. The van der Waals surface area contributed by atoms with Gasteiger partial charge >= 0.3 is 0 Å². The van der Waals surface area contributed by atoms with E-state index in [0.717, 1.165) is 24.9 Å². The number of carbonyl (C=O) groups excluding carboxylic acids is 1. The Morgan fingerprint density at radius 2 is 1.73 bits per heavy atom. The van der Waals surface area contributed by atoms with Crippen molar-refractivity contribution in [1.29, 1.82) is 0 Å². The fourth-order valence-corrected chi connectivity index (χ4v) is 5.68. The van der Waals surface area contributed by atoms with Crippen LogP contribution in [-0.4, -0.2) is 50.2 Å². The number of fused-ring (bicyclic) bond motifs is 1. The van der Waals surface area contributed by atoms with Crippen molar-refractivity contribution in [3.05, 3.63) is 28.8 Å². The molecule has 1 heterocycles. The summed E-state index contributed by atoms with van der Waals surface area (Å²) >= 11 is 0. The van der Waals surface area contributed by atoms with E-state index in [0.29, 0.717) is 23.1 Å². The van der Waals surface area contributed by atoms with Crippen LogP contribution in [0.3, 0.4) is 0 Å². The number of nitrogens with zero attached hydrogens (tertiary/aromatic N) is 2. The molecule has 2 aliphatic rings. The second-order valence-corrected chi connectivity index (χ2v) is 10.1.